The Morgan fingerprint density at radius 2 is 1.57 bits per heavy atom. The van der Waals surface area contributed by atoms with Crippen molar-refractivity contribution in [1.82, 2.24) is 0 Å². The zero-order valence-electron chi connectivity index (χ0n) is 24.4. The minimum atomic E-state index is -0.897. The molecule has 0 saturated carbocycles. The molecule has 1 saturated heterocycles. The van der Waals surface area contributed by atoms with E-state index in [9.17, 15) is 14.7 Å². The number of carbonyl (C=O) groups excluding carboxylic acids is 2. The van der Waals surface area contributed by atoms with Gasteiger partial charge in [-0.25, -0.2) is 0 Å². The van der Waals surface area contributed by atoms with Crippen LogP contribution in [0.3, 0.4) is 0 Å². The lowest BCUT2D eigenvalue weighted by atomic mass is 9.84. The van der Waals surface area contributed by atoms with E-state index in [1.54, 1.807) is 44.6 Å². The first-order valence-electron chi connectivity index (χ1n) is 13.3. The number of hydrogen-bond acceptors (Lipinski definition) is 6. The number of rotatable bonds is 7. The highest BCUT2D eigenvalue weighted by Gasteiger charge is 2.47. The average Bonchev–Trinajstić information content (AvgIpc) is 3.18. The molecule has 1 aliphatic heterocycles. The molecule has 1 N–H and O–H groups in total. The van der Waals surface area contributed by atoms with E-state index in [1.807, 2.05) is 65.8 Å². The van der Waals surface area contributed by atoms with Crippen molar-refractivity contribution in [2.45, 2.75) is 53.0 Å². The van der Waals surface area contributed by atoms with Gasteiger partial charge in [-0.2, -0.15) is 0 Å². The van der Waals surface area contributed by atoms with Gasteiger partial charge in [-0.3, -0.25) is 14.5 Å². The smallest absolute Gasteiger partial charge is 0.300 e. The summed E-state index contributed by atoms with van der Waals surface area (Å²) in [5, 5.41) is 11.7. The number of hydrogen-bond donors (Lipinski definition) is 1. The van der Waals surface area contributed by atoms with E-state index in [-0.39, 0.29) is 16.7 Å². The number of anilines is 1. The lowest BCUT2D eigenvalue weighted by molar-refractivity contribution is -0.132. The highest BCUT2D eigenvalue weighted by Crippen LogP contribution is 2.45. The fraction of sp³-hybridized carbons (Fsp3) is 0.333. The Morgan fingerprint density at radius 3 is 2.20 bits per heavy atom. The van der Waals surface area contributed by atoms with Crippen LogP contribution < -0.4 is 19.1 Å². The number of methoxy groups -OCH3 is 2. The summed E-state index contributed by atoms with van der Waals surface area (Å²) in [7, 11) is 3.15. The zero-order chi connectivity index (χ0) is 29.4. The van der Waals surface area contributed by atoms with Gasteiger partial charge in [0.25, 0.3) is 11.7 Å². The van der Waals surface area contributed by atoms with Crippen molar-refractivity contribution in [1.29, 1.82) is 0 Å². The van der Waals surface area contributed by atoms with Crippen LogP contribution in [0.5, 0.6) is 17.2 Å². The summed E-state index contributed by atoms with van der Waals surface area (Å²) in [6.45, 7) is 12.2. The van der Waals surface area contributed by atoms with Crippen LogP contribution in [0.4, 0.5) is 5.69 Å². The minimum absolute atomic E-state index is 0.00328. The standard InChI is InChI=1S/C33H37NO6/c1-9-40-27-18-21(12-15-26(27)39-8)29-28(30(35)22-13-14-25(38-7)23(17-22)33(4,5)6)31(36)32(37)34(29)24-16-19(2)10-11-20(24)3/h10-18,29,35H,9H2,1-8H3/b30-28+. The molecule has 1 unspecified atom stereocenters. The van der Waals surface area contributed by atoms with Gasteiger partial charge < -0.3 is 19.3 Å². The van der Waals surface area contributed by atoms with E-state index in [1.165, 1.54) is 4.90 Å². The molecule has 0 spiro atoms. The third kappa shape index (κ3) is 5.16. The van der Waals surface area contributed by atoms with Crippen molar-refractivity contribution in [2.75, 3.05) is 25.7 Å². The SMILES string of the molecule is CCOc1cc(C2/C(=C(\O)c3ccc(OC)c(C(C)(C)C)c3)C(=O)C(=O)N2c2cc(C)ccc2C)ccc1OC. The summed E-state index contributed by atoms with van der Waals surface area (Å²) in [4.78, 5) is 28.9. The molecular weight excluding hydrogens is 506 g/mol. The van der Waals surface area contributed by atoms with Gasteiger partial charge in [0, 0.05) is 16.8 Å². The number of aliphatic hydroxyl groups is 1. The quantitative estimate of drug-likeness (QED) is 0.204. The van der Waals surface area contributed by atoms with Crippen LogP contribution in [0.15, 0.2) is 60.2 Å². The summed E-state index contributed by atoms with van der Waals surface area (Å²) in [5.74, 6) is -0.0392. The summed E-state index contributed by atoms with van der Waals surface area (Å²) in [6.07, 6.45) is 0. The summed E-state index contributed by atoms with van der Waals surface area (Å²) < 4.78 is 16.9. The van der Waals surface area contributed by atoms with E-state index in [0.29, 0.717) is 40.7 Å². The minimum Gasteiger partial charge on any atom is -0.507 e. The largest absolute Gasteiger partial charge is 0.507 e. The second kappa shape index (κ2) is 11.1. The van der Waals surface area contributed by atoms with Crippen LogP contribution in [0.1, 0.15) is 61.6 Å². The van der Waals surface area contributed by atoms with Gasteiger partial charge in [-0.05, 0) is 79.3 Å². The number of aliphatic hydroxyl groups excluding tert-OH is 1. The number of nitrogens with zero attached hydrogens (tertiary/aromatic N) is 1. The fourth-order valence-corrected chi connectivity index (χ4v) is 5.10. The number of aryl methyl sites for hydroxylation is 2. The van der Waals surface area contributed by atoms with Gasteiger partial charge >= 0.3 is 0 Å². The van der Waals surface area contributed by atoms with Crippen LogP contribution in [-0.4, -0.2) is 37.6 Å². The maximum atomic E-state index is 13.7. The second-order valence-corrected chi connectivity index (χ2v) is 11.0. The Labute approximate surface area is 236 Å². The first-order valence-corrected chi connectivity index (χ1v) is 13.3. The number of ether oxygens (including phenoxy) is 3. The molecule has 1 fully saturated rings. The molecule has 0 aliphatic carbocycles. The number of ketones is 1. The van der Waals surface area contributed by atoms with Gasteiger partial charge in [0.1, 0.15) is 11.5 Å². The van der Waals surface area contributed by atoms with Crippen molar-refractivity contribution in [2.24, 2.45) is 0 Å². The first kappa shape index (κ1) is 28.7. The Kier molecular flexibility index (Phi) is 7.96. The predicted octanol–water partition coefficient (Wildman–Crippen LogP) is 6.64. The van der Waals surface area contributed by atoms with Crippen LogP contribution in [0.2, 0.25) is 0 Å². The van der Waals surface area contributed by atoms with Gasteiger partial charge in [0.2, 0.25) is 0 Å². The number of carbonyl (C=O) groups is 2. The molecule has 1 aliphatic rings. The molecule has 1 amide bonds. The van der Waals surface area contributed by atoms with E-state index in [4.69, 9.17) is 14.2 Å². The maximum absolute atomic E-state index is 13.7. The zero-order valence-corrected chi connectivity index (χ0v) is 24.4. The van der Waals surface area contributed by atoms with E-state index < -0.39 is 17.7 Å². The maximum Gasteiger partial charge on any atom is 0.300 e. The highest BCUT2D eigenvalue weighted by molar-refractivity contribution is 6.51. The lowest BCUT2D eigenvalue weighted by Crippen LogP contribution is -2.30. The van der Waals surface area contributed by atoms with Crippen molar-refractivity contribution in [3.8, 4) is 17.2 Å². The van der Waals surface area contributed by atoms with E-state index >= 15 is 0 Å². The molecule has 7 heteroatoms. The van der Waals surface area contributed by atoms with Crippen molar-refractivity contribution in [3.63, 3.8) is 0 Å². The second-order valence-electron chi connectivity index (χ2n) is 11.0. The Morgan fingerprint density at radius 1 is 0.900 bits per heavy atom. The Bertz CT molecular complexity index is 1500. The van der Waals surface area contributed by atoms with Crippen molar-refractivity contribution in [3.05, 3.63) is 88.0 Å². The summed E-state index contributed by atoms with van der Waals surface area (Å²) in [6, 6.07) is 15.4. The van der Waals surface area contributed by atoms with Crippen LogP contribution in [-0.2, 0) is 15.0 Å². The Hall–Kier alpha value is -4.26. The van der Waals surface area contributed by atoms with E-state index in [0.717, 1.165) is 16.7 Å². The molecule has 0 bridgehead atoms. The van der Waals surface area contributed by atoms with Crippen LogP contribution in [0.25, 0.3) is 5.76 Å². The highest BCUT2D eigenvalue weighted by atomic mass is 16.5. The molecule has 3 aromatic carbocycles. The van der Waals surface area contributed by atoms with E-state index in [2.05, 4.69) is 0 Å². The fourth-order valence-electron chi connectivity index (χ4n) is 5.10. The number of benzene rings is 3. The molecular formula is C33H37NO6. The Balaban J connectivity index is 2.02. The lowest BCUT2D eigenvalue weighted by Gasteiger charge is -2.28. The molecule has 0 aromatic heterocycles. The number of amides is 1. The third-order valence-electron chi connectivity index (χ3n) is 7.15. The molecule has 40 heavy (non-hydrogen) atoms. The summed E-state index contributed by atoms with van der Waals surface area (Å²) >= 11 is 0. The third-order valence-corrected chi connectivity index (χ3v) is 7.15. The molecule has 3 aromatic rings. The summed E-state index contributed by atoms with van der Waals surface area (Å²) in [5.41, 5.74) is 3.97. The monoisotopic (exact) mass is 543 g/mol. The van der Waals surface area contributed by atoms with Gasteiger partial charge in [-0.1, -0.05) is 39.0 Å². The van der Waals surface area contributed by atoms with Crippen LogP contribution >= 0.6 is 0 Å². The number of Topliss-reactive ketones (excluding diaryl/α,β-unsaturated/α-hetero) is 1. The normalized spacial score (nSPS) is 16.8. The van der Waals surface area contributed by atoms with Crippen LogP contribution in [0, 0.1) is 13.8 Å². The molecule has 1 atom stereocenters. The average molecular weight is 544 g/mol. The molecule has 7 nitrogen and oxygen atoms in total. The predicted molar refractivity (Wildman–Crippen MR) is 157 cm³/mol. The first-order chi connectivity index (χ1) is 18.9. The molecule has 0 radical (unpaired) electrons. The van der Waals surface area contributed by atoms with Gasteiger partial charge in [0.05, 0.1) is 32.4 Å². The van der Waals surface area contributed by atoms with Gasteiger partial charge in [-0.15, -0.1) is 0 Å². The van der Waals surface area contributed by atoms with Crippen molar-refractivity contribution < 1.29 is 28.9 Å². The molecule has 1 heterocycles. The topological polar surface area (TPSA) is 85.3 Å². The molecule has 210 valence electrons. The molecule has 4 rings (SSSR count). The van der Waals surface area contributed by atoms with Gasteiger partial charge in [0.15, 0.2) is 11.5 Å². The van der Waals surface area contributed by atoms with Crippen molar-refractivity contribution >= 4 is 23.1 Å².